The Kier molecular flexibility index (Phi) is 10.2. The summed E-state index contributed by atoms with van der Waals surface area (Å²) in [5, 5.41) is 6.94. The molecule has 1 saturated heterocycles. The van der Waals surface area contributed by atoms with Gasteiger partial charge in [0, 0.05) is 18.4 Å². The number of methoxy groups -OCH3 is 1. The molecule has 3 rings (SSSR count). The van der Waals surface area contributed by atoms with E-state index in [1.54, 1.807) is 20.8 Å². The van der Waals surface area contributed by atoms with Crippen molar-refractivity contribution in [2.45, 2.75) is 76.8 Å². The molecule has 2 aromatic rings. The number of carbonyl (C=O) groups excluding carboxylic acids is 3. The smallest absolute Gasteiger partial charge is 0.465 e. The fourth-order valence-electron chi connectivity index (χ4n) is 4.11. The molecule has 0 spiro atoms. The van der Waals surface area contributed by atoms with E-state index in [1.165, 1.54) is 42.9 Å². The number of hydrogen-bond donors (Lipinski definition) is 1. The quantitative estimate of drug-likeness (QED) is 0.135. The summed E-state index contributed by atoms with van der Waals surface area (Å²) in [6.45, 7) is 7.56. The van der Waals surface area contributed by atoms with Crippen molar-refractivity contribution < 1.29 is 59.1 Å². The van der Waals surface area contributed by atoms with Crippen molar-refractivity contribution in [2.75, 3.05) is 25.6 Å². The SMILES string of the molecule is COC(=O)c1c(NCC(C)(C)OC(=O)C(=O)OC(C)(C)C)ccc(-c2ccnn2C2CCCCO2)c1OS(=O)(=O)C(F)(F)F. The molecular formula is C27H34F3N3O10S. The van der Waals surface area contributed by atoms with E-state index in [9.17, 15) is 36.0 Å². The minimum Gasteiger partial charge on any atom is -0.465 e. The molecule has 0 bridgehead atoms. The molecular weight excluding hydrogens is 615 g/mol. The second kappa shape index (κ2) is 13.0. The highest BCUT2D eigenvalue weighted by atomic mass is 32.2. The number of hydrogen-bond acceptors (Lipinski definition) is 12. The Bertz CT molecular complexity index is 1490. The zero-order chi connectivity index (χ0) is 33.1. The number of anilines is 1. The van der Waals surface area contributed by atoms with Crippen LogP contribution in [0.1, 0.15) is 70.5 Å². The summed E-state index contributed by atoms with van der Waals surface area (Å²) in [6.07, 6.45) is 2.82. The second-order valence-electron chi connectivity index (χ2n) is 11.3. The Morgan fingerprint density at radius 3 is 2.27 bits per heavy atom. The Morgan fingerprint density at radius 2 is 1.70 bits per heavy atom. The maximum Gasteiger partial charge on any atom is 0.534 e. The van der Waals surface area contributed by atoms with Gasteiger partial charge >= 0.3 is 33.5 Å². The van der Waals surface area contributed by atoms with Gasteiger partial charge in [0.15, 0.2) is 12.0 Å². The summed E-state index contributed by atoms with van der Waals surface area (Å²) >= 11 is 0. The van der Waals surface area contributed by atoms with Gasteiger partial charge in [0.25, 0.3) is 0 Å². The third-order valence-corrected chi connectivity index (χ3v) is 6.99. The zero-order valence-electron chi connectivity index (χ0n) is 24.9. The van der Waals surface area contributed by atoms with Crippen LogP contribution in [0.4, 0.5) is 18.9 Å². The van der Waals surface area contributed by atoms with E-state index in [0.717, 1.165) is 20.0 Å². The minimum absolute atomic E-state index is 0.104. The van der Waals surface area contributed by atoms with E-state index in [2.05, 4.69) is 14.6 Å². The Hall–Kier alpha value is -3.86. The highest BCUT2D eigenvalue weighted by Crippen LogP contribution is 2.42. The van der Waals surface area contributed by atoms with Crippen LogP contribution in [0.3, 0.4) is 0 Å². The van der Waals surface area contributed by atoms with Gasteiger partial charge in [-0.1, -0.05) is 0 Å². The van der Waals surface area contributed by atoms with E-state index in [0.29, 0.717) is 13.0 Å². The normalized spacial score (nSPS) is 16.2. The molecule has 1 aromatic carbocycles. The molecule has 13 nitrogen and oxygen atoms in total. The van der Waals surface area contributed by atoms with Crippen molar-refractivity contribution in [3.8, 4) is 17.0 Å². The summed E-state index contributed by atoms with van der Waals surface area (Å²) < 4.78 is 91.7. The number of carbonyl (C=O) groups is 3. The van der Waals surface area contributed by atoms with Gasteiger partial charge in [0.2, 0.25) is 0 Å². The topological polar surface area (TPSA) is 161 Å². The monoisotopic (exact) mass is 649 g/mol. The maximum atomic E-state index is 13.5. The van der Waals surface area contributed by atoms with Crippen LogP contribution in [0.5, 0.6) is 5.75 Å². The Balaban J connectivity index is 2.08. The van der Waals surface area contributed by atoms with E-state index >= 15 is 0 Å². The van der Waals surface area contributed by atoms with Crippen molar-refractivity contribution in [3.05, 3.63) is 30.0 Å². The summed E-state index contributed by atoms with van der Waals surface area (Å²) in [5.41, 5.74) is -9.32. The number of esters is 3. The summed E-state index contributed by atoms with van der Waals surface area (Å²) in [5.74, 6) is -4.80. The Morgan fingerprint density at radius 1 is 1.05 bits per heavy atom. The van der Waals surface area contributed by atoms with Gasteiger partial charge in [-0.3, -0.25) is 0 Å². The molecule has 1 unspecified atom stereocenters. The zero-order valence-corrected chi connectivity index (χ0v) is 25.8. The fourth-order valence-corrected chi connectivity index (χ4v) is 4.60. The van der Waals surface area contributed by atoms with Crippen LogP contribution < -0.4 is 9.50 Å². The average molecular weight is 650 g/mol. The number of ether oxygens (including phenoxy) is 4. The van der Waals surface area contributed by atoms with Crippen LogP contribution in [-0.2, 0) is 38.7 Å². The van der Waals surface area contributed by atoms with Gasteiger partial charge in [-0.05, 0) is 72.1 Å². The highest BCUT2D eigenvalue weighted by Gasteiger charge is 2.49. The second-order valence-corrected chi connectivity index (χ2v) is 12.9. The molecule has 1 fully saturated rings. The molecule has 1 N–H and O–H groups in total. The van der Waals surface area contributed by atoms with E-state index in [4.69, 9.17) is 18.9 Å². The maximum absolute atomic E-state index is 13.5. The average Bonchev–Trinajstić information content (AvgIpc) is 3.40. The molecule has 244 valence electrons. The van der Waals surface area contributed by atoms with Crippen LogP contribution in [0.25, 0.3) is 11.3 Å². The molecule has 0 aliphatic carbocycles. The summed E-state index contributed by atoms with van der Waals surface area (Å²) in [6, 6.07) is 3.90. The lowest BCUT2D eigenvalue weighted by atomic mass is 10.0. The molecule has 1 atom stereocenters. The fraction of sp³-hybridized carbons (Fsp3) is 0.556. The molecule has 17 heteroatoms. The standard InChI is InChI=1S/C27H34F3N3O10S/c1-25(2,3)41-23(35)24(36)42-26(4,5)15-31-17-11-10-16(18-12-13-32-33(18)19-9-7-8-14-40-19)21(20(17)22(34)39-6)43-44(37,38)27(28,29)30/h10-13,19,31H,7-9,14-15H2,1-6H3. The van der Waals surface area contributed by atoms with Crippen LogP contribution in [0.2, 0.25) is 0 Å². The molecule has 0 saturated carbocycles. The van der Waals surface area contributed by atoms with Crippen molar-refractivity contribution in [3.63, 3.8) is 0 Å². The molecule has 0 amide bonds. The molecule has 2 heterocycles. The largest absolute Gasteiger partial charge is 0.534 e. The van der Waals surface area contributed by atoms with Gasteiger partial charge in [0.05, 0.1) is 25.0 Å². The number of rotatable bonds is 9. The molecule has 0 radical (unpaired) electrons. The lowest BCUT2D eigenvalue weighted by molar-refractivity contribution is -0.181. The molecule has 1 aliphatic heterocycles. The first-order valence-corrected chi connectivity index (χ1v) is 14.8. The van der Waals surface area contributed by atoms with Crippen LogP contribution in [0.15, 0.2) is 24.4 Å². The molecule has 1 aliphatic rings. The van der Waals surface area contributed by atoms with Crippen molar-refractivity contribution in [1.82, 2.24) is 9.78 Å². The summed E-state index contributed by atoms with van der Waals surface area (Å²) in [7, 11) is -5.35. The van der Waals surface area contributed by atoms with Crippen LogP contribution in [0, 0.1) is 0 Å². The number of benzene rings is 1. The first kappa shape index (κ1) is 34.6. The number of halogens is 3. The number of alkyl halides is 3. The number of nitrogens with zero attached hydrogens (tertiary/aromatic N) is 2. The van der Waals surface area contributed by atoms with Crippen molar-refractivity contribution in [2.24, 2.45) is 0 Å². The first-order chi connectivity index (χ1) is 20.3. The van der Waals surface area contributed by atoms with Crippen molar-refractivity contribution in [1.29, 1.82) is 0 Å². The minimum atomic E-state index is -6.28. The van der Waals surface area contributed by atoms with E-state index in [1.807, 2.05) is 0 Å². The van der Waals surface area contributed by atoms with E-state index < -0.39 is 62.3 Å². The lowest BCUT2D eigenvalue weighted by Gasteiger charge is -2.28. The van der Waals surface area contributed by atoms with Gasteiger partial charge in [-0.25, -0.2) is 19.1 Å². The Labute approximate surface area is 252 Å². The van der Waals surface area contributed by atoms with E-state index in [-0.39, 0.29) is 23.5 Å². The van der Waals surface area contributed by atoms with Crippen LogP contribution >= 0.6 is 0 Å². The third-order valence-electron chi connectivity index (χ3n) is 6.04. The predicted octanol–water partition coefficient (Wildman–Crippen LogP) is 4.34. The molecule has 44 heavy (non-hydrogen) atoms. The van der Waals surface area contributed by atoms with Crippen molar-refractivity contribution >= 4 is 33.7 Å². The first-order valence-electron chi connectivity index (χ1n) is 13.4. The number of nitrogens with one attached hydrogen (secondary N) is 1. The molecule has 1 aromatic heterocycles. The lowest BCUT2D eigenvalue weighted by Crippen LogP contribution is -2.40. The van der Waals surface area contributed by atoms with Gasteiger partial charge < -0.3 is 28.4 Å². The van der Waals surface area contributed by atoms with Gasteiger partial charge in [-0.15, -0.1) is 0 Å². The van der Waals surface area contributed by atoms with Crippen LogP contribution in [-0.4, -0.2) is 73.1 Å². The third kappa shape index (κ3) is 8.40. The number of aromatic nitrogens is 2. The highest BCUT2D eigenvalue weighted by molar-refractivity contribution is 7.88. The van der Waals surface area contributed by atoms with Gasteiger partial charge in [-0.2, -0.15) is 26.7 Å². The van der Waals surface area contributed by atoms with Gasteiger partial charge in [0.1, 0.15) is 16.8 Å². The predicted molar refractivity (Wildman–Crippen MR) is 148 cm³/mol. The summed E-state index contributed by atoms with van der Waals surface area (Å²) in [4.78, 5) is 37.4.